The Morgan fingerprint density at radius 3 is 2.93 bits per heavy atom. The van der Waals surface area contributed by atoms with E-state index in [4.69, 9.17) is 5.73 Å². The minimum Gasteiger partial charge on any atom is -0.392 e. The number of allylic oxidation sites excluding steroid dienone is 2. The van der Waals surface area contributed by atoms with Crippen molar-refractivity contribution < 1.29 is 15.0 Å². The van der Waals surface area contributed by atoms with E-state index in [1.54, 1.807) is 0 Å². The smallest absolute Gasteiger partial charge is 0.217 e. The highest BCUT2D eigenvalue weighted by atomic mass is 16.3. The second kappa shape index (κ2) is 9.53. The van der Waals surface area contributed by atoms with Gasteiger partial charge in [-0.15, -0.1) is 0 Å². The van der Waals surface area contributed by atoms with Crippen molar-refractivity contribution in [3.8, 4) is 0 Å². The summed E-state index contributed by atoms with van der Waals surface area (Å²) >= 11 is 0. The summed E-state index contributed by atoms with van der Waals surface area (Å²) in [5, 5.41) is 20.9. The molecule has 0 spiro atoms. The SMILES string of the molecule is Cc1cccc(C[C@@H](O)/C=C/[C@@H]2[C@H]3CC(CCCCC(N)=O)=C[C@H]3C[C@H]2O)c1. The molecule has 1 fully saturated rings. The van der Waals surface area contributed by atoms with E-state index in [1.807, 2.05) is 24.3 Å². The molecular weight excluding hydrogens is 350 g/mol. The molecule has 5 atom stereocenters. The van der Waals surface area contributed by atoms with Gasteiger partial charge < -0.3 is 15.9 Å². The first kappa shape index (κ1) is 20.8. The summed E-state index contributed by atoms with van der Waals surface area (Å²) in [7, 11) is 0. The molecule has 4 heteroatoms. The number of carbonyl (C=O) groups is 1. The highest BCUT2D eigenvalue weighted by molar-refractivity contribution is 5.73. The van der Waals surface area contributed by atoms with Gasteiger partial charge >= 0.3 is 0 Å². The highest BCUT2D eigenvalue weighted by Crippen LogP contribution is 2.48. The van der Waals surface area contributed by atoms with Gasteiger partial charge in [-0.2, -0.15) is 0 Å². The molecule has 4 nitrogen and oxygen atoms in total. The predicted molar refractivity (Wildman–Crippen MR) is 111 cm³/mol. The summed E-state index contributed by atoms with van der Waals surface area (Å²) < 4.78 is 0. The van der Waals surface area contributed by atoms with Gasteiger partial charge in [0.2, 0.25) is 5.91 Å². The summed E-state index contributed by atoms with van der Waals surface area (Å²) in [5.74, 6) is 0.750. The Hall–Kier alpha value is -1.91. The molecule has 3 rings (SSSR count). The Labute approximate surface area is 168 Å². The van der Waals surface area contributed by atoms with Crippen molar-refractivity contribution in [1.82, 2.24) is 0 Å². The van der Waals surface area contributed by atoms with Crippen LogP contribution >= 0.6 is 0 Å². The van der Waals surface area contributed by atoms with Crippen molar-refractivity contribution in [1.29, 1.82) is 0 Å². The summed E-state index contributed by atoms with van der Waals surface area (Å²) in [4.78, 5) is 10.8. The normalized spacial score (nSPS) is 27.8. The number of aliphatic hydroxyl groups excluding tert-OH is 2. The number of unbranched alkanes of at least 4 members (excludes halogenated alkanes) is 1. The molecule has 0 bridgehead atoms. The molecule has 1 aromatic rings. The van der Waals surface area contributed by atoms with E-state index in [-0.39, 0.29) is 17.9 Å². The van der Waals surface area contributed by atoms with Gasteiger partial charge in [-0.1, -0.05) is 53.6 Å². The molecule has 1 aromatic carbocycles. The molecule has 152 valence electrons. The number of nitrogens with two attached hydrogens (primary N) is 1. The Bertz CT molecular complexity index is 739. The average molecular weight is 384 g/mol. The molecule has 0 aliphatic heterocycles. The number of fused-ring (bicyclic) bond motifs is 1. The van der Waals surface area contributed by atoms with E-state index in [0.29, 0.717) is 24.7 Å². The fraction of sp³-hybridized carbons (Fsp3) is 0.542. The molecule has 0 radical (unpaired) electrons. The lowest BCUT2D eigenvalue weighted by molar-refractivity contribution is -0.118. The van der Waals surface area contributed by atoms with Crippen LogP contribution in [0.25, 0.3) is 0 Å². The fourth-order valence-corrected chi connectivity index (χ4v) is 4.85. The van der Waals surface area contributed by atoms with Gasteiger partial charge in [0.25, 0.3) is 0 Å². The standard InChI is InChI=1S/C24H33NO3/c1-16-5-4-7-17(11-16)13-20(26)9-10-21-22-14-18(6-2-3-8-24(25)28)12-19(22)15-23(21)27/h4-5,7,9-12,19-23,26-27H,2-3,6,8,13-15H2,1H3,(H2,25,28)/b10-9+/t19-,20-,21+,22-,23+/m0/s1. The molecule has 0 heterocycles. The number of aryl methyl sites for hydroxylation is 1. The van der Waals surface area contributed by atoms with Crippen molar-refractivity contribution >= 4 is 5.91 Å². The maximum absolute atomic E-state index is 10.8. The maximum atomic E-state index is 10.8. The first-order valence-electron chi connectivity index (χ1n) is 10.5. The minimum atomic E-state index is -0.532. The number of carbonyl (C=O) groups excluding carboxylic acids is 1. The van der Waals surface area contributed by atoms with E-state index in [9.17, 15) is 15.0 Å². The summed E-state index contributed by atoms with van der Waals surface area (Å²) in [6.07, 6.45) is 11.1. The summed E-state index contributed by atoms with van der Waals surface area (Å²) in [6.45, 7) is 2.05. The van der Waals surface area contributed by atoms with Crippen molar-refractivity contribution in [2.45, 2.75) is 64.1 Å². The van der Waals surface area contributed by atoms with Crippen molar-refractivity contribution in [2.24, 2.45) is 23.5 Å². The lowest BCUT2D eigenvalue weighted by atomic mass is 9.88. The monoisotopic (exact) mass is 383 g/mol. The van der Waals surface area contributed by atoms with Crippen LogP contribution in [-0.4, -0.2) is 28.3 Å². The second-order valence-electron chi connectivity index (χ2n) is 8.56. The number of rotatable bonds is 9. The topological polar surface area (TPSA) is 83.5 Å². The van der Waals surface area contributed by atoms with Crippen molar-refractivity contribution in [2.75, 3.05) is 0 Å². The summed E-state index contributed by atoms with van der Waals surface area (Å²) in [5.41, 5.74) is 8.97. The maximum Gasteiger partial charge on any atom is 0.217 e. The Balaban J connectivity index is 1.51. The van der Waals surface area contributed by atoms with Crippen LogP contribution in [0, 0.1) is 24.7 Å². The molecule has 28 heavy (non-hydrogen) atoms. The first-order valence-corrected chi connectivity index (χ1v) is 10.5. The van der Waals surface area contributed by atoms with E-state index in [0.717, 1.165) is 37.7 Å². The third-order valence-electron chi connectivity index (χ3n) is 6.20. The third kappa shape index (κ3) is 5.55. The first-order chi connectivity index (χ1) is 13.4. The predicted octanol–water partition coefficient (Wildman–Crippen LogP) is 3.44. The van der Waals surface area contributed by atoms with Crippen LogP contribution < -0.4 is 5.73 Å². The van der Waals surface area contributed by atoms with Gasteiger partial charge in [-0.25, -0.2) is 0 Å². The van der Waals surface area contributed by atoms with E-state index in [2.05, 4.69) is 25.1 Å². The van der Waals surface area contributed by atoms with Crippen LogP contribution in [0.2, 0.25) is 0 Å². The van der Waals surface area contributed by atoms with Crippen LogP contribution in [0.5, 0.6) is 0 Å². The molecule has 1 saturated carbocycles. The zero-order valence-electron chi connectivity index (χ0n) is 16.8. The average Bonchev–Trinajstić information content (AvgIpc) is 3.13. The van der Waals surface area contributed by atoms with Crippen LogP contribution in [0.1, 0.15) is 49.7 Å². The number of amides is 1. The molecular formula is C24H33NO3. The van der Waals surface area contributed by atoms with E-state index >= 15 is 0 Å². The third-order valence-corrected chi connectivity index (χ3v) is 6.20. The molecule has 4 N–H and O–H groups in total. The fourth-order valence-electron chi connectivity index (χ4n) is 4.85. The molecule has 2 aliphatic carbocycles. The van der Waals surface area contributed by atoms with Gasteiger partial charge in [-0.05, 0) is 56.4 Å². The zero-order chi connectivity index (χ0) is 20.1. The van der Waals surface area contributed by atoms with Gasteiger partial charge in [0.05, 0.1) is 12.2 Å². The van der Waals surface area contributed by atoms with Crippen LogP contribution in [0.15, 0.2) is 48.1 Å². The number of hydrogen-bond donors (Lipinski definition) is 3. The van der Waals surface area contributed by atoms with Gasteiger partial charge in [0.1, 0.15) is 0 Å². The Morgan fingerprint density at radius 1 is 1.36 bits per heavy atom. The molecule has 2 aliphatic rings. The van der Waals surface area contributed by atoms with E-state index in [1.165, 1.54) is 11.1 Å². The lowest BCUT2D eigenvalue weighted by Gasteiger charge is -2.19. The summed E-state index contributed by atoms with van der Waals surface area (Å²) in [6, 6.07) is 8.21. The van der Waals surface area contributed by atoms with Crippen LogP contribution in [0.3, 0.4) is 0 Å². The molecule has 0 unspecified atom stereocenters. The molecule has 0 saturated heterocycles. The van der Waals surface area contributed by atoms with E-state index < -0.39 is 6.10 Å². The Morgan fingerprint density at radius 2 is 2.18 bits per heavy atom. The second-order valence-corrected chi connectivity index (χ2v) is 8.56. The molecule has 1 amide bonds. The van der Waals surface area contributed by atoms with Gasteiger partial charge in [-0.3, -0.25) is 4.79 Å². The number of benzene rings is 1. The molecule has 0 aromatic heterocycles. The number of hydrogen-bond acceptors (Lipinski definition) is 3. The highest BCUT2D eigenvalue weighted by Gasteiger charge is 2.43. The zero-order valence-corrected chi connectivity index (χ0v) is 16.8. The van der Waals surface area contributed by atoms with Gasteiger partial charge in [0.15, 0.2) is 0 Å². The van der Waals surface area contributed by atoms with Crippen molar-refractivity contribution in [3.63, 3.8) is 0 Å². The minimum absolute atomic E-state index is 0.108. The van der Waals surface area contributed by atoms with Crippen LogP contribution in [-0.2, 0) is 11.2 Å². The lowest BCUT2D eigenvalue weighted by Crippen LogP contribution is -2.18. The van der Waals surface area contributed by atoms with Gasteiger partial charge in [0, 0.05) is 18.8 Å². The quantitative estimate of drug-likeness (QED) is 0.451. The number of primary amides is 1. The van der Waals surface area contributed by atoms with Crippen LogP contribution in [0.4, 0.5) is 0 Å². The largest absolute Gasteiger partial charge is 0.392 e. The number of aliphatic hydroxyl groups is 2. The van der Waals surface area contributed by atoms with Crippen molar-refractivity contribution in [3.05, 3.63) is 59.2 Å². The Kier molecular flexibility index (Phi) is 7.08.